The standard InChI is InChI=1S/C20H21F2N3O2/c21-20(22)27-17-6-2-1-5-16(17)7-8-19(26)24-14-15-9-10-23-18(13-15)25-11-3-4-12-25/h1-2,5-10,13,20H,3-4,11-12,14H2,(H,24,26)/b8-7+. The lowest BCUT2D eigenvalue weighted by atomic mass is 10.2. The van der Waals surface area contributed by atoms with E-state index in [4.69, 9.17) is 0 Å². The molecule has 2 aromatic rings. The van der Waals surface area contributed by atoms with Crippen LogP contribution >= 0.6 is 0 Å². The molecule has 0 atom stereocenters. The zero-order valence-electron chi connectivity index (χ0n) is 14.8. The molecule has 7 heteroatoms. The molecule has 0 unspecified atom stereocenters. The Kier molecular flexibility index (Phi) is 6.35. The maximum absolute atomic E-state index is 12.4. The van der Waals surface area contributed by atoms with Gasteiger partial charge in [-0.25, -0.2) is 4.98 Å². The fourth-order valence-corrected chi connectivity index (χ4v) is 2.92. The minimum absolute atomic E-state index is 0.0286. The first kappa shape index (κ1) is 18.8. The van der Waals surface area contributed by atoms with E-state index in [-0.39, 0.29) is 11.7 Å². The molecule has 1 aromatic carbocycles. The number of benzene rings is 1. The summed E-state index contributed by atoms with van der Waals surface area (Å²) in [4.78, 5) is 18.7. The minimum Gasteiger partial charge on any atom is -0.434 e. The highest BCUT2D eigenvalue weighted by molar-refractivity contribution is 5.92. The molecule has 1 saturated heterocycles. The molecule has 3 rings (SSSR count). The molecule has 1 aliphatic rings. The third kappa shape index (κ3) is 5.51. The molecule has 5 nitrogen and oxygen atoms in total. The predicted octanol–water partition coefficient (Wildman–Crippen LogP) is 3.61. The Morgan fingerprint density at radius 2 is 2.04 bits per heavy atom. The van der Waals surface area contributed by atoms with Crippen molar-refractivity contribution in [2.24, 2.45) is 0 Å². The molecule has 1 amide bonds. The number of pyridine rings is 1. The van der Waals surface area contributed by atoms with E-state index >= 15 is 0 Å². The van der Waals surface area contributed by atoms with E-state index in [1.807, 2.05) is 12.1 Å². The molecule has 1 aromatic heterocycles. The molecule has 2 heterocycles. The summed E-state index contributed by atoms with van der Waals surface area (Å²) in [7, 11) is 0. The van der Waals surface area contributed by atoms with Gasteiger partial charge in [-0.3, -0.25) is 4.79 Å². The number of hydrogen-bond donors (Lipinski definition) is 1. The molecule has 0 aliphatic carbocycles. The first-order valence-electron chi connectivity index (χ1n) is 8.81. The van der Waals surface area contributed by atoms with Gasteiger partial charge in [-0.05, 0) is 42.7 Å². The Morgan fingerprint density at radius 3 is 2.81 bits per heavy atom. The number of alkyl halides is 2. The summed E-state index contributed by atoms with van der Waals surface area (Å²) < 4.78 is 29.3. The van der Waals surface area contributed by atoms with E-state index in [1.54, 1.807) is 24.4 Å². The topological polar surface area (TPSA) is 54.5 Å². The summed E-state index contributed by atoms with van der Waals surface area (Å²) >= 11 is 0. The number of aromatic nitrogens is 1. The second-order valence-corrected chi connectivity index (χ2v) is 6.18. The van der Waals surface area contributed by atoms with Crippen molar-refractivity contribution in [2.45, 2.75) is 26.0 Å². The average Bonchev–Trinajstić information content (AvgIpc) is 3.20. The lowest BCUT2D eigenvalue weighted by molar-refractivity contribution is -0.116. The molecule has 142 valence electrons. The van der Waals surface area contributed by atoms with E-state index in [0.717, 1.165) is 24.5 Å². The molecular weight excluding hydrogens is 352 g/mol. The molecule has 1 aliphatic heterocycles. The van der Waals surface area contributed by atoms with Crippen molar-refractivity contribution >= 4 is 17.8 Å². The number of ether oxygens (including phenoxy) is 1. The summed E-state index contributed by atoms with van der Waals surface area (Å²) in [6.45, 7) is -0.538. The Labute approximate surface area is 156 Å². The number of anilines is 1. The van der Waals surface area contributed by atoms with Gasteiger partial charge < -0.3 is 15.0 Å². The van der Waals surface area contributed by atoms with Crippen molar-refractivity contribution in [3.05, 3.63) is 59.8 Å². The van der Waals surface area contributed by atoms with Gasteiger partial charge in [-0.2, -0.15) is 8.78 Å². The number of nitrogens with one attached hydrogen (secondary N) is 1. The van der Waals surface area contributed by atoms with Crippen LogP contribution in [0.15, 0.2) is 48.7 Å². The van der Waals surface area contributed by atoms with Crippen molar-refractivity contribution in [3.8, 4) is 5.75 Å². The maximum Gasteiger partial charge on any atom is 0.387 e. The van der Waals surface area contributed by atoms with Gasteiger partial charge in [-0.1, -0.05) is 18.2 Å². The molecule has 0 spiro atoms. The lowest BCUT2D eigenvalue weighted by Crippen LogP contribution is -2.22. The van der Waals surface area contributed by atoms with Crippen LogP contribution in [0.1, 0.15) is 24.0 Å². The molecule has 0 bridgehead atoms. The van der Waals surface area contributed by atoms with E-state index < -0.39 is 6.61 Å². The number of amides is 1. The Bertz CT molecular complexity index is 805. The van der Waals surface area contributed by atoms with Crippen molar-refractivity contribution in [1.29, 1.82) is 0 Å². The van der Waals surface area contributed by atoms with Crippen LogP contribution in [-0.2, 0) is 11.3 Å². The van der Waals surface area contributed by atoms with E-state index in [1.165, 1.54) is 31.1 Å². The van der Waals surface area contributed by atoms with Crippen LogP contribution < -0.4 is 15.0 Å². The number of carbonyl (C=O) groups excluding carboxylic acids is 1. The summed E-state index contributed by atoms with van der Waals surface area (Å²) in [6, 6.07) is 10.1. The van der Waals surface area contributed by atoms with Crippen LogP contribution in [0.2, 0.25) is 0 Å². The normalized spacial score (nSPS) is 14.1. The largest absolute Gasteiger partial charge is 0.434 e. The highest BCUT2D eigenvalue weighted by Gasteiger charge is 2.13. The lowest BCUT2D eigenvalue weighted by Gasteiger charge is -2.16. The van der Waals surface area contributed by atoms with Crippen LogP contribution in [0.25, 0.3) is 6.08 Å². The van der Waals surface area contributed by atoms with E-state index in [0.29, 0.717) is 12.1 Å². The predicted molar refractivity (Wildman–Crippen MR) is 99.6 cm³/mol. The smallest absolute Gasteiger partial charge is 0.387 e. The molecule has 0 radical (unpaired) electrons. The first-order valence-corrected chi connectivity index (χ1v) is 8.81. The number of halogens is 2. The van der Waals surface area contributed by atoms with E-state index in [2.05, 4.69) is 19.9 Å². The third-order valence-corrected chi connectivity index (χ3v) is 4.26. The van der Waals surface area contributed by atoms with Gasteiger partial charge in [0, 0.05) is 37.5 Å². The molecular formula is C20H21F2N3O2. The van der Waals surface area contributed by atoms with Gasteiger partial charge in [0.25, 0.3) is 0 Å². The SMILES string of the molecule is O=C(/C=C/c1ccccc1OC(F)F)NCc1ccnc(N2CCCC2)c1. The van der Waals surface area contributed by atoms with Gasteiger partial charge >= 0.3 is 6.61 Å². The van der Waals surface area contributed by atoms with Crippen LogP contribution in [0.5, 0.6) is 5.75 Å². The van der Waals surface area contributed by atoms with Gasteiger partial charge in [0.05, 0.1) is 0 Å². The van der Waals surface area contributed by atoms with Crippen molar-refractivity contribution < 1.29 is 18.3 Å². The van der Waals surface area contributed by atoms with Crippen LogP contribution in [-0.4, -0.2) is 30.6 Å². The Balaban J connectivity index is 1.57. The van der Waals surface area contributed by atoms with Crippen molar-refractivity contribution in [1.82, 2.24) is 10.3 Å². The fourth-order valence-electron chi connectivity index (χ4n) is 2.92. The molecule has 1 fully saturated rings. The minimum atomic E-state index is -2.91. The average molecular weight is 373 g/mol. The van der Waals surface area contributed by atoms with Gasteiger partial charge in [0.15, 0.2) is 0 Å². The number of nitrogens with zero attached hydrogens (tertiary/aromatic N) is 2. The van der Waals surface area contributed by atoms with E-state index in [9.17, 15) is 13.6 Å². The second-order valence-electron chi connectivity index (χ2n) is 6.18. The van der Waals surface area contributed by atoms with Crippen LogP contribution in [0.4, 0.5) is 14.6 Å². The second kappa shape index (κ2) is 9.12. The summed E-state index contributed by atoms with van der Waals surface area (Å²) in [5, 5.41) is 2.79. The molecule has 0 saturated carbocycles. The molecule has 27 heavy (non-hydrogen) atoms. The van der Waals surface area contributed by atoms with Crippen LogP contribution in [0.3, 0.4) is 0 Å². The highest BCUT2D eigenvalue weighted by atomic mass is 19.3. The van der Waals surface area contributed by atoms with Crippen molar-refractivity contribution in [3.63, 3.8) is 0 Å². The number of carbonyl (C=O) groups is 1. The van der Waals surface area contributed by atoms with Gasteiger partial charge in [0.2, 0.25) is 5.91 Å². The monoisotopic (exact) mass is 373 g/mol. The highest BCUT2D eigenvalue weighted by Crippen LogP contribution is 2.21. The third-order valence-electron chi connectivity index (χ3n) is 4.26. The van der Waals surface area contributed by atoms with Crippen LogP contribution in [0, 0.1) is 0 Å². The first-order chi connectivity index (χ1) is 13.1. The molecule has 1 N–H and O–H groups in total. The van der Waals surface area contributed by atoms with Crippen molar-refractivity contribution in [2.75, 3.05) is 18.0 Å². The fraction of sp³-hybridized carbons (Fsp3) is 0.300. The van der Waals surface area contributed by atoms with Gasteiger partial charge in [0.1, 0.15) is 11.6 Å². The summed E-state index contributed by atoms with van der Waals surface area (Å²) in [5.41, 5.74) is 1.36. The zero-order chi connectivity index (χ0) is 19.1. The Hall–Kier alpha value is -2.96. The quantitative estimate of drug-likeness (QED) is 0.754. The number of para-hydroxylation sites is 1. The summed E-state index contributed by atoms with van der Waals surface area (Å²) in [6.07, 6.45) is 6.84. The van der Waals surface area contributed by atoms with Gasteiger partial charge in [-0.15, -0.1) is 0 Å². The Morgan fingerprint density at radius 1 is 1.26 bits per heavy atom. The zero-order valence-corrected chi connectivity index (χ0v) is 14.8. The maximum atomic E-state index is 12.4. The number of hydrogen-bond acceptors (Lipinski definition) is 4. The number of rotatable bonds is 7. The summed E-state index contributed by atoms with van der Waals surface area (Å²) in [5.74, 6) is 0.634.